The maximum Gasteiger partial charge on any atom is 2.00 e. The van der Waals surface area contributed by atoms with E-state index in [4.69, 9.17) is 0 Å². The predicted octanol–water partition coefficient (Wildman–Crippen LogP) is -4.00. The Morgan fingerprint density at radius 2 is 0.923 bits per heavy atom. The van der Waals surface area contributed by atoms with Crippen molar-refractivity contribution in [3.8, 4) is 0 Å². The first kappa shape index (κ1) is 32.1. The van der Waals surface area contributed by atoms with Crippen LogP contribution in [0.5, 0.6) is 0 Å². The minimum Gasteiger partial charge on any atom is -0.545 e. The molecule has 0 aliphatic rings. The van der Waals surface area contributed by atoms with Crippen LogP contribution in [0.1, 0.15) is 26.7 Å². The SMILES string of the molecule is CC/C=C/C(=C/C(=O)[O-])C(=O)[O-].CC/C=C/C(=C/C(=O)[O-])C(=O)[O-].[Mg+2].[Mg+2]. The molecule has 0 radical (unpaired) electrons. The van der Waals surface area contributed by atoms with Crippen LogP contribution in [0, 0.1) is 0 Å². The van der Waals surface area contributed by atoms with Crippen molar-refractivity contribution in [2.24, 2.45) is 0 Å². The van der Waals surface area contributed by atoms with Gasteiger partial charge in [-0.3, -0.25) is 0 Å². The third-order valence-electron chi connectivity index (χ3n) is 2.08. The van der Waals surface area contributed by atoms with E-state index in [1.54, 1.807) is 13.8 Å². The quantitative estimate of drug-likeness (QED) is 0.232. The average Bonchev–Trinajstić information content (AvgIpc) is 2.47. The molecule has 0 aromatic carbocycles. The largest absolute Gasteiger partial charge is 2.00 e. The molecule has 0 atom stereocenters. The van der Waals surface area contributed by atoms with E-state index in [-0.39, 0.29) is 46.1 Å². The third-order valence-corrected chi connectivity index (χ3v) is 2.08. The van der Waals surface area contributed by atoms with Gasteiger partial charge < -0.3 is 39.6 Å². The van der Waals surface area contributed by atoms with Crippen LogP contribution >= 0.6 is 0 Å². The predicted molar refractivity (Wildman–Crippen MR) is 86.6 cm³/mol. The Morgan fingerprint density at radius 3 is 1.08 bits per heavy atom. The number of carboxylic acids is 4. The number of hydrogen-bond acceptors (Lipinski definition) is 8. The van der Waals surface area contributed by atoms with Crippen molar-refractivity contribution in [1.82, 2.24) is 0 Å². The first-order chi connectivity index (χ1) is 11.1. The van der Waals surface area contributed by atoms with Gasteiger partial charge in [-0.15, -0.1) is 0 Å². The van der Waals surface area contributed by atoms with Crippen molar-refractivity contribution in [2.45, 2.75) is 26.7 Å². The van der Waals surface area contributed by atoms with E-state index < -0.39 is 35.0 Å². The second-order valence-corrected chi connectivity index (χ2v) is 4.03. The van der Waals surface area contributed by atoms with Gasteiger partial charge in [0.25, 0.3) is 0 Å². The van der Waals surface area contributed by atoms with Gasteiger partial charge >= 0.3 is 46.1 Å². The van der Waals surface area contributed by atoms with Gasteiger partial charge in [-0.1, -0.05) is 38.2 Å². The molecule has 132 valence electrons. The van der Waals surface area contributed by atoms with Crippen LogP contribution in [0.2, 0.25) is 0 Å². The Labute approximate surface area is 183 Å². The standard InChI is InChI=1S/2C8H10O4.2Mg/c2*1-2-3-4-6(8(11)12)5-7(9)10;;/h2*3-5H,2H2,1H3,(H,9,10)(H,11,12);;/q;;2*+2/p-4/b2*4-3+,6-5-;;. The number of aliphatic carboxylic acids is 4. The molecular weight excluding hydrogens is 369 g/mol. The van der Waals surface area contributed by atoms with E-state index in [2.05, 4.69) is 0 Å². The van der Waals surface area contributed by atoms with E-state index in [1.807, 2.05) is 0 Å². The van der Waals surface area contributed by atoms with Gasteiger partial charge in [-0.05, 0) is 36.1 Å². The van der Waals surface area contributed by atoms with E-state index in [9.17, 15) is 39.6 Å². The molecule has 0 N–H and O–H groups in total. The summed E-state index contributed by atoms with van der Waals surface area (Å²) in [5, 5.41) is 40.4. The number of rotatable bonds is 8. The van der Waals surface area contributed by atoms with Crippen LogP contribution in [0.25, 0.3) is 0 Å². The summed E-state index contributed by atoms with van der Waals surface area (Å²) in [4.78, 5) is 40.4. The molecule has 0 bridgehead atoms. The number of hydrogen-bond donors (Lipinski definition) is 0. The molecule has 0 saturated heterocycles. The Morgan fingerprint density at radius 1 is 0.654 bits per heavy atom. The van der Waals surface area contributed by atoms with Crippen molar-refractivity contribution in [3.63, 3.8) is 0 Å². The van der Waals surface area contributed by atoms with Crippen LogP contribution in [0.3, 0.4) is 0 Å². The summed E-state index contributed by atoms with van der Waals surface area (Å²) in [7, 11) is 0. The smallest absolute Gasteiger partial charge is 0.545 e. The van der Waals surface area contributed by atoms with Crippen LogP contribution in [0.15, 0.2) is 47.6 Å². The molecule has 0 unspecified atom stereocenters. The zero-order valence-electron chi connectivity index (χ0n) is 14.6. The Balaban J connectivity index is -0.000000173. The number of carbonyl (C=O) groups excluding carboxylic acids is 4. The average molecular weight is 385 g/mol. The minimum atomic E-state index is -1.55. The van der Waals surface area contributed by atoms with Gasteiger partial charge in [-0.25, -0.2) is 0 Å². The fraction of sp³-hybridized carbons (Fsp3) is 0.250. The summed E-state index contributed by atoms with van der Waals surface area (Å²) in [5.41, 5.74) is -0.784. The van der Waals surface area contributed by atoms with E-state index in [0.29, 0.717) is 25.0 Å². The van der Waals surface area contributed by atoms with Crippen molar-refractivity contribution in [2.75, 3.05) is 0 Å². The van der Waals surface area contributed by atoms with Gasteiger partial charge in [0, 0.05) is 0 Å². The first-order valence-corrected chi connectivity index (χ1v) is 6.76. The van der Waals surface area contributed by atoms with Crippen LogP contribution in [-0.4, -0.2) is 70.0 Å². The van der Waals surface area contributed by atoms with Gasteiger partial charge in [0.05, 0.1) is 23.9 Å². The maximum absolute atomic E-state index is 10.2. The van der Waals surface area contributed by atoms with Crippen LogP contribution in [-0.2, 0) is 19.2 Å². The molecule has 0 aliphatic carbocycles. The van der Waals surface area contributed by atoms with Gasteiger partial charge in [-0.2, -0.15) is 0 Å². The van der Waals surface area contributed by atoms with Crippen molar-refractivity contribution < 1.29 is 39.6 Å². The molecule has 0 rings (SSSR count). The zero-order chi connectivity index (χ0) is 19.1. The van der Waals surface area contributed by atoms with Gasteiger partial charge in [0.1, 0.15) is 0 Å². The molecule has 26 heavy (non-hydrogen) atoms. The fourth-order valence-corrected chi connectivity index (χ4v) is 1.09. The first-order valence-electron chi connectivity index (χ1n) is 6.76. The molecule has 0 fully saturated rings. The summed E-state index contributed by atoms with van der Waals surface area (Å²) in [6.07, 6.45) is 7.60. The number of carbonyl (C=O) groups is 4. The van der Waals surface area contributed by atoms with E-state index in [1.165, 1.54) is 24.3 Å². The summed E-state index contributed by atoms with van der Waals surface area (Å²) >= 11 is 0. The second-order valence-electron chi connectivity index (χ2n) is 4.03. The fourth-order valence-electron chi connectivity index (χ4n) is 1.09. The zero-order valence-corrected chi connectivity index (χ0v) is 17.4. The van der Waals surface area contributed by atoms with Crippen molar-refractivity contribution in [1.29, 1.82) is 0 Å². The van der Waals surface area contributed by atoms with Gasteiger partial charge in [0.2, 0.25) is 0 Å². The molecular formula is C16H16Mg2O8. The molecule has 0 amide bonds. The normalized spacial score (nSPS) is 11.0. The summed E-state index contributed by atoms with van der Waals surface area (Å²) in [6, 6.07) is 0. The summed E-state index contributed by atoms with van der Waals surface area (Å²) < 4.78 is 0. The number of allylic oxidation sites excluding steroid dienone is 2. The molecule has 0 spiro atoms. The Hall–Kier alpha value is -1.63. The maximum atomic E-state index is 10.2. The van der Waals surface area contributed by atoms with Gasteiger partial charge in [0.15, 0.2) is 0 Å². The van der Waals surface area contributed by atoms with Crippen LogP contribution in [0.4, 0.5) is 0 Å². The molecule has 0 aromatic heterocycles. The van der Waals surface area contributed by atoms with E-state index in [0.717, 1.165) is 0 Å². The van der Waals surface area contributed by atoms with Crippen LogP contribution < -0.4 is 20.4 Å². The van der Waals surface area contributed by atoms with Crippen molar-refractivity contribution in [3.05, 3.63) is 47.6 Å². The summed E-state index contributed by atoms with van der Waals surface area (Å²) in [5.74, 6) is -6.14. The molecule has 8 nitrogen and oxygen atoms in total. The molecule has 0 aromatic rings. The minimum absolute atomic E-state index is 0. The molecule has 0 heterocycles. The third kappa shape index (κ3) is 20.4. The molecule has 0 saturated carbocycles. The van der Waals surface area contributed by atoms with E-state index >= 15 is 0 Å². The van der Waals surface area contributed by atoms with Crippen molar-refractivity contribution >= 4 is 70.0 Å². The second kappa shape index (κ2) is 19.7. The molecule has 0 aliphatic heterocycles. The summed E-state index contributed by atoms with van der Waals surface area (Å²) in [6.45, 7) is 3.59. The topological polar surface area (TPSA) is 161 Å². The Kier molecular flexibility index (Phi) is 24.3. The number of carboxylic acid groups (broad SMARTS) is 4. The molecule has 10 heteroatoms. The Bertz CT molecular complexity index is 537. The monoisotopic (exact) mass is 384 g/mol.